The highest BCUT2D eigenvalue weighted by Gasteiger charge is 2.25. The molecule has 0 atom stereocenters. The minimum Gasteiger partial charge on any atom is -0.493 e. The molecule has 4 heterocycles. The van der Waals surface area contributed by atoms with E-state index in [1.807, 2.05) is 42.5 Å². The molecular weight excluding hydrogens is 512 g/mol. The Labute approximate surface area is 229 Å². The van der Waals surface area contributed by atoms with Crippen molar-refractivity contribution >= 4 is 11.6 Å². The van der Waals surface area contributed by atoms with Crippen LogP contribution in [-0.2, 0) is 24.2 Å². The summed E-state index contributed by atoms with van der Waals surface area (Å²) in [6, 6.07) is 17.0. The lowest BCUT2D eigenvalue weighted by Gasteiger charge is -2.27. The Bertz CT molecular complexity index is 1740. The van der Waals surface area contributed by atoms with E-state index in [0.29, 0.717) is 78.9 Å². The maximum atomic E-state index is 13.1. The van der Waals surface area contributed by atoms with Gasteiger partial charge in [0.15, 0.2) is 17.1 Å². The number of carbonyl (C=O) groups excluding carboxylic acids is 1. The second-order valence-corrected chi connectivity index (χ2v) is 9.57. The van der Waals surface area contributed by atoms with Crippen LogP contribution in [0.3, 0.4) is 0 Å². The van der Waals surface area contributed by atoms with Crippen LogP contribution in [0.5, 0.6) is 11.5 Å². The normalized spacial score (nSPS) is 12.9. The molecule has 1 amide bonds. The Morgan fingerprint density at radius 3 is 2.65 bits per heavy atom. The van der Waals surface area contributed by atoms with Crippen LogP contribution in [0, 0.1) is 0 Å². The van der Waals surface area contributed by atoms with Crippen LogP contribution in [0.15, 0.2) is 63.9 Å². The van der Waals surface area contributed by atoms with Gasteiger partial charge in [0.05, 0.1) is 32.2 Å². The molecule has 1 N–H and O–H groups in total. The van der Waals surface area contributed by atoms with Crippen LogP contribution in [0.4, 0.5) is 0 Å². The second kappa shape index (κ2) is 10.7. The molecule has 5 aromatic rings. The zero-order chi connectivity index (χ0) is 27.6. The number of hydrogen-bond acceptors (Lipinski definition) is 8. The Balaban J connectivity index is 1.09. The fraction of sp³-hybridized carbons (Fsp3) is 0.276. The minimum atomic E-state index is -0.115. The van der Waals surface area contributed by atoms with Crippen LogP contribution >= 0.6 is 0 Å². The van der Waals surface area contributed by atoms with E-state index < -0.39 is 0 Å². The van der Waals surface area contributed by atoms with Gasteiger partial charge in [0, 0.05) is 36.6 Å². The van der Waals surface area contributed by atoms with Gasteiger partial charge < -0.3 is 18.9 Å². The van der Waals surface area contributed by atoms with Crippen molar-refractivity contribution in [3.8, 4) is 34.1 Å². The van der Waals surface area contributed by atoms with Gasteiger partial charge in [-0.15, -0.1) is 0 Å². The standard InChI is InChI=1S/C29H28N6O5/c1-38-23-12-11-19(15-24(23)39-2)28-31-26(40-33-28)9-6-10-27(36)34-14-13-20-22(17-34)30-25-16-21(32-35(25)29(20)37)18-7-4-3-5-8-18/h3-5,7-8,11-12,15-16,32H,6,9-10,13-14,17H2,1-2H3. The summed E-state index contributed by atoms with van der Waals surface area (Å²) in [6.45, 7) is 0.793. The van der Waals surface area contributed by atoms with Crippen molar-refractivity contribution in [2.24, 2.45) is 0 Å². The van der Waals surface area contributed by atoms with Gasteiger partial charge in [-0.3, -0.25) is 14.7 Å². The lowest BCUT2D eigenvalue weighted by Crippen LogP contribution is -2.39. The van der Waals surface area contributed by atoms with Crippen molar-refractivity contribution in [3.63, 3.8) is 0 Å². The summed E-state index contributed by atoms with van der Waals surface area (Å²) in [5.41, 5.74) is 4.26. The highest BCUT2D eigenvalue weighted by molar-refractivity contribution is 5.76. The van der Waals surface area contributed by atoms with E-state index in [2.05, 4.69) is 15.2 Å². The first-order valence-electron chi connectivity index (χ1n) is 13.1. The first kappa shape index (κ1) is 25.4. The molecule has 0 aliphatic carbocycles. The third-order valence-corrected chi connectivity index (χ3v) is 7.09. The van der Waals surface area contributed by atoms with E-state index in [-0.39, 0.29) is 11.5 Å². The van der Waals surface area contributed by atoms with Crippen molar-refractivity contribution in [1.82, 2.24) is 29.6 Å². The van der Waals surface area contributed by atoms with Gasteiger partial charge in [0.1, 0.15) is 0 Å². The molecule has 0 spiro atoms. The fourth-order valence-electron chi connectivity index (χ4n) is 4.97. The van der Waals surface area contributed by atoms with Gasteiger partial charge in [-0.2, -0.15) is 4.98 Å². The van der Waals surface area contributed by atoms with Crippen molar-refractivity contribution in [3.05, 3.63) is 82.1 Å². The predicted molar refractivity (Wildman–Crippen MR) is 146 cm³/mol. The number of benzene rings is 2. The molecule has 6 rings (SSSR count). The number of rotatable bonds is 8. The number of aryl methyl sites for hydroxylation is 1. The van der Waals surface area contributed by atoms with E-state index in [1.54, 1.807) is 31.3 Å². The summed E-state index contributed by atoms with van der Waals surface area (Å²) in [7, 11) is 3.14. The van der Waals surface area contributed by atoms with Gasteiger partial charge in [-0.05, 0) is 36.6 Å². The Morgan fingerprint density at radius 2 is 1.85 bits per heavy atom. The molecule has 1 aliphatic rings. The van der Waals surface area contributed by atoms with Crippen molar-refractivity contribution in [2.75, 3.05) is 20.8 Å². The predicted octanol–water partition coefficient (Wildman–Crippen LogP) is 3.66. The van der Waals surface area contributed by atoms with Gasteiger partial charge >= 0.3 is 0 Å². The summed E-state index contributed by atoms with van der Waals surface area (Å²) in [5, 5.41) is 7.22. The summed E-state index contributed by atoms with van der Waals surface area (Å²) >= 11 is 0. The van der Waals surface area contributed by atoms with Gasteiger partial charge in [0.2, 0.25) is 17.6 Å². The first-order chi connectivity index (χ1) is 19.5. The largest absolute Gasteiger partial charge is 0.493 e. The van der Waals surface area contributed by atoms with E-state index in [9.17, 15) is 9.59 Å². The molecule has 1 aliphatic heterocycles. The number of nitrogens with zero attached hydrogens (tertiary/aromatic N) is 5. The van der Waals surface area contributed by atoms with E-state index >= 15 is 0 Å². The molecule has 11 nitrogen and oxygen atoms in total. The van der Waals surface area contributed by atoms with E-state index in [4.69, 9.17) is 19.0 Å². The number of aromatic amines is 1. The molecule has 11 heteroatoms. The molecule has 40 heavy (non-hydrogen) atoms. The van der Waals surface area contributed by atoms with Crippen LogP contribution in [0.2, 0.25) is 0 Å². The van der Waals surface area contributed by atoms with Gasteiger partial charge in [-0.25, -0.2) is 9.50 Å². The van der Waals surface area contributed by atoms with Crippen LogP contribution in [0.25, 0.3) is 28.3 Å². The SMILES string of the molecule is COc1ccc(-c2noc(CCCC(=O)N3CCc4c(nc5cc(-c6ccccc6)[nH]n5c4=O)C3)n2)cc1OC. The highest BCUT2D eigenvalue weighted by Crippen LogP contribution is 2.31. The smallest absolute Gasteiger partial charge is 0.276 e. The molecule has 0 unspecified atom stereocenters. The van der Waals surface area contributed by atoms with Crippen molar-refractivity contribution < 1.29 is 18.8 Å². The third-order valence-electron chi connectivity index (χ3n) is 7.09. The maximum absolute atomic E-state index is 13.1. The molecule has 0 fully saturated rings. The number of fused-ring (bicyclic) bond motifs is 2. The first-order valence-corrected chi connectivity index (χ1v) is 13.1. The number of carbonyl (C=O) groups is 1. The number of amides is 1. The topological polar surface area (TPSA) is 128 Å². The third kappa shape index (κ3) is 4.81. The van der Waals surface area contributed by atoms with Gasteiger partial charge in [-0.1, -0.05) is 35.5 Å². The van der Waals surface area contributed by atoms with Crippen molar-refractivity contribution in [1.29, 1.82) is 0 Å². The molecular formula is C29H28N6O5. The number of hydrogen-bond donors (Lipinski definition) is 1. The molecule has 0 saturated heterocycles. The fourth-order valence-corrected chi connectivity index (χ4v) is 4.97. The lowest BCUT2D eigenvalue weighted by molar-refractivity contribution is -0.132. The molecule has 204 valence electrons. The Morgan fingerprint density at radius 1 is 1.02 bits per heavy atom. The second-order valence-electron chi connectivity index (χ2n) is 9.57. The van der Waals surface area contributed by atoms with Crippen molar-refractivity contribution in [2.45, 2.75) is 32.2 Å². The molecule has 0 bridgehead atoms. The number of methoxy groups -OCH3 is 2. The molecule has 0 radical (unpaired) electrons. The minimum absolute atomic E-state index is 0.00585. The summed E-state index contributed by atoms with van der Waals surface area (Å²) in [4.78, 5) is 37.1. The summed E-state index contributed by atoms with van der Waals surface area (Å²) in [6.07, 6.45) is 1.83. The highest BCUT2D eigenvalue weighted by atomic mass is 16.5. The number of aromatic nitrogens is 5. The number of nitrogens with one attached hydrogen (secondary N) is 1. The van der Waals surface area contributed by atoms with Crippen LogP contribution < -0.4 is 15.0 Å². The quantitative estimate of drug-likeness (QED) is 0.316. The summed E-state index contributed by atoms with van der Waals surface area (Å²) < 4.78 is 17.5. The zero-order valence-electron chi connectivity index (χ0n) is 22.2. The maximum Gasteiger partial charge on any atom is 0.276 e. The monoisotopic (exact) mass is 540 g/mol. The average Bonchev–Trinajstić information content (AvgIpc) is 3.65. The molecule has 3 aromatic heterocycles. The average molecular weight is 541 g/mol. The van der Waals surface area contributed by atoms with E-state index in [0.717, 1.165) is 16.8 Å². The zero-order valence-corrected chi connectivity index (χ0v) is 22.2. The lowest BCUT2D eigenvalue weighted by atomic mass is 10.1. The molecule has 0 saturated carbocycles. The van der Waals surface area contributed by atoms with E-state index in [1.165, 1.54) is 4.52 Å². The van der Waals surface area contributed by atoms with Crippen LogP contribution in [-0.4, -0.2) is 56.3 Å². The number of ether oxygens (including phenoxy) is 2. The van der Waals surface area contributed by atoms with Gasteiger partial charge in [0.25, 0.3) is 5.56 Å². The summed E-state index contributed by atoms with van der Waals surface area (Å²) in [5.74, 6) is 2.10. The number of H-pyrrole nitrogens is 1. The Kier molecular flexibility index (Phi) is 6.77. The Hall–Kier alpha value is -4.93. The van der Waals surface area contributed by atoms with Crippen LogP contribution in [0.1, 0.15) is 30.0 Å². The molecule has 2 aromatic carbocycles.